The van der Waals surface area contributed by atoms with Crippen molar-refractivity contribution in [2.75, 3.05) is 26.2 Å². The van der Waals surface area contributed by atoms with Crippen LogP contribution in [0.25, 0.3) is 0 Å². The molecule has 0 saturated carbocycles. The normalized spacial score (nSPS) is 19.1. The number of unbranched alkanes of at least 4 members (excludes halogenated alkanes) is 3. The number of rotatable bonds is 13. The second kappa shape index (κ2) is 15.0. The zero-order valence-electron chi connectivity index (χ0n) is 23.7. The van der Waals surface area contributed by atoms with Crippen LogP contribution in [0.2, 0.25) is 0 Å². The number of nitrogens with zero attached hydrogens (tertiary/aromatic N) is 2. The van der Waals surface area contributed by atoms with Crippen molar-refractivity contribution in [3.8, 4) is 0 Å². The second-order valence-corrected chi connectivity index (χ2v) is 10.0. The van der Waals surface area contributed by atoms with E-state index in [1.165, 1.54) is 53.1 Å². The molecule has 2 heterocycles. The number of aliphatic hydroxyl groups is 1. The quantitative estimate of drug-likeness (QED) is 0.223. The van der Waals surface area contributed by atoms with Gasteiger partial charge in [0.25, 0.3) is 0 Å². The summed E-state index contributed by atoms with van der Waals surface area (Å²) in [6.45, 7) is 16.5. The molecule has 0 amide bonds. The standard InChI is InChI=1S/C31H43N3O.C2H6/c1-4-5-11-18-33(19-12-13-20-35)31-27(21-26-15-7-6-8-16-26)22-28(29-23-32-29)25(3)34(31)30-17-10-9-14-24(30)2;1-2/h6-9,14-16,22,29,32,35H,3-5,10-13,17-21,23H2,1-2H3;1-2H3. The molecule has 0 aromatic heterocycles. The Morgan fingerprint density at radius 3 is 2.41 bits per heavy atom. The molecule has 0 radical (unpaired) electrons. The molecule has 0 spiro atoms. The third-order valence-electron chi connectivity index (χ3n) is 7.26. The van der Waals surface area contributed by atoms with E-state index >= 15 is 0 Å². The van der Waals surface area contributed by atoms with Crippen LogP contribution in [0.4, 0.5) is 0 Å². The minimum absolute atomic E-state index is 0.252. The average molecular weight is 504 g/mol. The SMILES string of the molecule is C=C1C(C2CN2)=CC(Cc2ccccc2)=C(N(CCCCC)CCCCO)N1C1=C(C)C=CCC1.CC. The summed E-state index contributed by atoms with van der Waals surface area (Å²) in [6.07, 6.45) is 15.5. The van der Waals surface area contributed by atoms with E-state index in [1.807, 2.05) is 13.8 Å². The van der Waals surface area contributed by atoms with Crippen molar-refractivity contribution in [3.63, 3.8) is 0 Å². The summed E-state index contributed by atoms with van der Waals surface area (Å²) >= 11 is 0. The van der Waals surface area contributed by atoms with Crippen LogP contribution in [0, 0.1) is 0 Å². The predicted molar refractivity (Wildman–Crippen MR) is 158 cm³/mol. The summed E-state index contributed by atoms with van der Waals surface area (Å²) in [5, 5.41) is 13.0. The van der Waals surface area contributed by atoms with E-state index in [-0.39, 0.29) is 6.61 Å². The summed E-state index contributed by atoms with van der Waals surface area (Å²) in [6, 6.07) is 11.3. The molecule has 2 aliphatic heterocycles. The topological polar surface area (TPSA) is 48.6 Å². The van der Waals surface area contributed by atoms with Crippen LogP contribution in [0.3, 0.4) is 0 Å². The first-order chi connectivity index (χ1) is 18.1. The Morgan fingerprint density at radius 2 is 1.78 bits per heavy atom. The first-order valence-corrected chi connectivity index (χ1v) is 14.6. The van der Waals surface area contributed by atoms with E-state index in [0.717, 1.165) is 57.4 Å². The van der Waals surface area contributed by atoms with E-state index in [2.05, 4.69) is 84.1 Å². The summed E-state index contributed by atoms with van der Waals surface area (Å²) < 4.78 is 0. The van der Waals surface area contributed by atoms with Gasteiger partial charge in [-0.25, -0.2) is 0 Å². The van der Waals surface area contributed by atoms with Gasteiger partial charge in [-0.1, -0.05) is 82.7 Å². The van der Waals surface area contributed by atoms with Crippen molar-refractivity contribution < 1.29 is 5.11 Å². The molecular formula is C33H49N3O. The molecule has 1 saturated heterocycles. The Labute approximate surface area is 226 Å². The molecule has 202 valence electrons. The largest absolute Gasteiger partial charge is 0.396 e. The number of hydrogen-bond donors (Lipinski definition) is 2. The highest BCUT2D eigenvalue weighted by atomic mass is 16.2. The molecule has 1 aromatic carbocycles. The van der Waals surface area contributed by atoms with Crippen LogP contribution in [-0.4, -0.2) is 47.2 Å². The summed E-state index contributed by atoms with van der Waals surface area (Å²) in [5.41, 5.74) is 7.89. The number of nitrogens with one attached hydrogen (secondary N) is 1. The molecule has 4 rings (SSSR count). The first kappa shape index (κ1) is 29.0. The van der Waals surface area contributed by atoms with Gasteiger partial charge >= 0.3 is 0 Å². The highest BCUT2D eigenvalue weighted by molar-refractivity contribution is 5.53. The van der Waals surface area contributed by atoms with Crippen LogP contribution < -0.4 is 5.32 Å². The van der Waals surface area contributed by atoms with Gasteiger partial charge in [0, 0.05) is 50.1 Å². The molecule has 37 heavy (non-hydrogen) atoms. The van der Waals surface area contributed by atoms with Crippen molar-refractivity contribution >= 4 is 0 Å². The van der Waals surface area contributed by atoms with E-state index in [1.54, 1.807) is 0 Å². The lowest BCUT2D eigenvalue weighted by Crippen LogP contribution is -2.40. The van der Waals surface area contributed by atoms with Crippen molar-refractivity contribution in [2.24, 2.45) is 0 Å². The van der Waals surface area contributed by atoms with E-state index < -0.39 is 0 Å². The van der Waals surface area contributed by atoms with Gasteiger partial charge in [0.05, 0.1) is 0 Å². The minimum Gasteiger partial charge on any atom is -0.396 e. The van der Waals surface area contributed by atoms with Crippen LogP contribution >= 0.6 is 0 Å². The number of benzene rings is 1. The molecule has 3 aliphatic rings. The van der Waals surface area contributed by atoms with Crippen molar-refractivity contribution in [2.45, 2.75) is 85.1 Å². The predicted octanol–water partition coefficient (Wildman–Crippen LogP) is 7.08. The Hall–Kier alpha value is -2.56. The fraction of sp³-hybridized carbons (Fsp3) is 0.515. The van der Waals surface area contributed by atoms with Gasteiger partial charge in [0.15, 0.2) is 0 Å². The van der Waals surface area contributed by atoms with Crippen LogP contribution in [-0.2, 0) is 6.42 Å². The number of allylic oxidation sites excluding steroid dienone is 6. The summed E-state index contributed by atoms with van der Waals surface area (Å²) in [5.74, 6) is 1.31. The summed E-state index contributed by atoms with van der Waals surface area (Å²) in [4.78, 5) is 5.11. The average Bonchev–Trinajstić information content (AvgIpc) is 3.77. The molecule has 1 unspecified atom stereocenters. The third-order valence-corrected chi connectivity index (χ3v) is 7.26. The van der Waals surface area contributed by atoms with Gasteiger partial charge in [-0.2, -0.15) is 0 Å². The minimum atomic E-state index is 0.252. The third kappa shape index (κ3) is 7.72. The van der Waals surface area contributed by atoms with Crippen LogP contribution in [0.5, 0.6) is 0 Å². The van der Waals surface area contributed by atoms with Gasteiger partial charge in [0.2, 0.25) is 0 Å². The second-order valence-electron chi connectivity index (χ2n) is 10.0. The maximum Gasteiger partial charge on any atom is 0.116 e. The Bertz CT molecular complexity index is 988. The zero-order chi connectivity index (χ0) is 26.6. The highest BCUT2D eigenvalue weighted by Gasteiger charge is 2.37. The fourth-order valence-electron chi connectivity index (χ4n) is 5.25. The monoisotopic (exact) mass is 503 g/mol. The maximum absolute atomic E-state index is 9.50. The summed E-state index contributed by atoms with van der Waals surface area (Å²) in [7, 11) is 0. The van der Waals surface area contributed by atoms with Crippen molar-refractivity contribution in [3.05, 3.63) is 94.6 Å². The van der Waals surface area contributed by atoms with Crippen LogP contribution in [0.15, 0.2) is 89.1 Å². The molecular weight excluding hydrogens is 454 g/mol. The van der Waals surface area contributed by atoms with E-state index in [0.29, 0.717) is 6.04 Å². The Morgan fingerprint density at radius 1 is 1.08 bits per heavy atom. The van der Waals surface area contributed by atoms with E-state index in [9.17, 15) is 5.11 Å². The lowest BCUT2D eigenvalue weighted by molar-refractivity contribution is 0.230. The highest BCUT2D eigenvalue weighted by Crippen LogP contribution is 2.41. The molecule has 0 bridgehead atoms. The molecule has 1 aromatic rings. The lowest BCUT2D eigenvalue weighted by Gasteiger charge is -2.44. The Balaban J connectivity index is 0.00000186. The smallest absolute Gasteiger partial charge is 0.116 e. The van der Waals surface area contributed by atoms with Crippen LogP contribution in [0.1, 0.15) is 78.2 Å². The lowest BCUT2D eigenvalue weighted by atomic mass is 9.92. The first-order valence-electron chi connectivity index (χ1n) is 14.6. The van der Waals surface area contributed by atoms with Gasteiger partial charge in [-0.15, -0.1) is 0 Å². The maximum atomic E-state index is 9.50. The Kier molecular flexibility index (Phi) is 11.8. The molecule has 4 heteroatoms. The van der Waals surface area contributed by atoms with Gasteiger partial charge in [-0.05, 0) is 67.4 Å². The molecule has 2 N–H and O–H groups in total. The number of hydrogen-bond acceptors (Lipinski definition) is 4. The number of aliphatic hydroxyl groups excluding tert-OH is 1. The van der Waals surface area contributed by atoms with Crippen molar-refractivity contribution in [1.29, 1.82) is 0 Å². The van der Waals surface area contributed by atoms with Gasteiger partial charge in [-0.3, -0.25) is 0 Å². The molecule has 1 atom stereocenters. The zero-order valence-corrected chi connectivity index (χ0v) is 23.7. The molecule has 4 nitrogen and oxygen atoms in total. The van der Waals surface area contributed by atoms with E-state index in [4.69, 9.17) is 0 Å². The molecule has 1 fully saturated rings. The fourth-order valence-corrected chi connectivity index (χ4v) is 5.25. The van der Waals surface area contributed by atoms with Crippen molar-refractivity contribution in [1.82, 2.24) is 15.1 Å². The van der Waals surface area contributed by atoms with Gasteiger partial charge < -0.3 is 20.2 Å². The molecule has 1 aliphatic carbocycles. The van der Waals surface area contributed by atoms with Gasteiger partial charge in [0.1, 0.15) is 5.82 Å².